The van der Waals surface area contributed by atoms with E-state index in [1.165, 1.54) is 21.7 Å². The number of rotatable bonds is 3. The van der Waals surface area contributed by atoms with Crippen LogP contribution in [0.3, 0.4) is 0 Å². The van der Waals surface area contributed by atoms with Crippen LogP contribution in [0.4, 0.5) is 0 Å². The largest absolute Gasteiger partial charge is 0.379 e. The maximum Gasteiger partial charge on any atom is 0.291 e. The predicted molar refractivity (Wildman–Crippen MR) is 105 cm³/mol. The van der Waals surface area contributed by atoms with Gasteiger partial charge < -0.3 is 9.30 Å². The SMILES string of the molecule is Cn1c(=NC(=O)c2sccc2S(=O)(=O)N2CCOCC2)sc2ccccc21. The lowest BCUT2D eigenvalue weighted by Gasteiger charge is -2.25. The van der Waals surface area contributed by atoms with E-state index in [-0.39, 0.29) is 22.9 Å². The van der Waals surface area contributed by atoms with Crippen molar-refractivity contribution < 1.29 is 17.9 Å². The minimum Gasteiger partial charge on any atom is -0.379 e. The van der Waals surface area contributed by atoms with E-state index in [1.807, 2.05) is 35.9 Å². The fraction of sp³-hybridized carbons (Fsp3) is 0.294. The van der Waals surface area contributed by atoms with E-state index >= 15 is 0 Å². The Kier molecular flexibility index (Phi) is 4.99. The highest BCUT2D eigenvalue weighted by Crippen LogP contribution is 2.26. The van der Waals surface area contributed by atoms with Crippen LogP contribution >= 0.6 is 22.7 Å². The Balaban J connectivity index is 1.73. The van der Waals surface area contributed by atoms with Crippen LogP contribution in [0.15, 0.2) is 45.6 Å². The number of hydrogen-bond donors (Lipinski definition) is 0. The van der Waals surface area contributed by atoms with E-state index in [4.69, 9.17) is 4.74 Å². The molecule has 142 valence electrons. The number of thiophene rings is 1. The molecule has 3 aromatic rings. The lowest BCUT2D eigenvalue weighted by atomic mass is 10.3. The quantitative estimate of drug-likeness (QED) is 0.646. The van der Waals surface area contributed by atoms with Gasteiger partial charge in [0.1, 0.15) is 9.77 Å². The first-order valence-electron chi connectivity index (χ1n) is 8.27. The van der Waals surface area contributed by atoms with E-state index in [1.54, 1.807) is 5.38 Å². The van der Waals surface area contributed by atoms with Crippen LogP contribution in [0.1, 0.15) is 9.67 Å². The number of hydrogen-bond acceptors (Lipinski definition) is 6. The first-order chi connectivity index (χ1) is 13.0. The van der Waals surface area contributed by atoms with Crippen molar-refractivity contribution >= 4 is 48.8 Å². The fourth-order valence-electron chi connectivity index (χ4n) is 2.91. The molecule has 7 nitrogen and oxygen atoms in total. The van der Waals surface area contributed by atoms with Crippen molar-refractivity contribution in [3.05, 3.63) is 45.4 Å². The van der Waals surface area contributed by atoms with Crippen molar-refractivity contribution in [2.24, 2.45) is 12.0 Å². The van der Waals surface area contributed by atoms with Crippen molar-refractivity contribution in [1.29, 1.82) is 0 Å². The van der Waals surface area contributed by atoms with Crippen molar-refractivity contribution in [2.75, 3.05) is 26.3 Å². The summed E-state index contributed by atoms with van der Waals surface area (Å²) in [5.41, 5.74) is 0.974. The number of amides is 1. The lowest BCUT2D eigenvalue weighted by molar-refractivity contribution is 0.0730. The number of nitrogens with zero attached hydrogens (tertiary/aromatic N) is 3. The first-order valence-corrected chi connectivity index (χ1v) is 11.4. The average Bonchev–Trinajstić information content (AvgIpc) is 3.29. The number of thiazole rings is 1. The molecule has 10 heteroatoms. The van der Waals surface area contributed by atoms with Gasteiger partial charge in [-0.15, -0.1) is 11.3 Å². The fourth-order valence-corrected chi connectivity index (χ4v) is 6.61. The number of fused-ring (bicyclic) bond motifs is 1. The van der Waals surface area contributed by atoms with Crippen LogP contribution in [0.25, 0.3) is 10.2 Å². The Bertz CT molecular complexity index is 1170. The van der Waals surface area contributed by atoms with Gasteiger partial charge in [0.2, 0.25) is 10.0 Å². The number of para-hydroxylation sites is 1. The molecule has 1 aromatic carbocycles. The Morgan fingerprint density at radius 1 is 1.19 bits per heavy atom. The van der Waals surface area contributed by atoms with Crippen LogP contribution in [0.2, 0.25) is 0 Å². The molecule has 0 aliphatic carbocycles. The van der Waals surface area contributed by atoms with E-state index in [0.717, 1.165) is 21.6 Å². The maximum absolute atomic E-state index is 12.9. The van der Waals surface area contributed by atoms with Gasteiger partial charge in [-0.1, -0.05) is 23.5 Å². The molecule has 27 heavy (non-hydrogen) atoms. The van der Waals surface area contributed by atoms with Gasteiger partial charge in [-0.05, 0) is 23.6 Å². The third-order valence-electron chi connectivity index (χ3n) is 4.32. The Hall–Kier alpha value is -1.85. The summed E-state index contributed by atoms with van der Waals surface area (Å²) in [6.07, 6.45) is 0. The number of morpholine rings is 1. The standard InChI is InChI=1S/C17H17N3O4S3/c1-19-12-4-2-3-5-13(12)26-17(19)18-16(21)15-14(6-11-25-15)27(22,23)20-7-9-24-10-8-20/h2-6,11H,7-10H2,1H3. The van der Waals surface area contributed by atoms with Crippen molar-refractivity contribution in [3.63, 3.8) is 0 Å². The highest BCUT2D eigenvalue weighted by Gasteiger charge is 2.31. The van der Waals surface area contributed by atoms with Crippen molar-refractivity contribution in [1.82, 2.24) is 8.87 Å². The normalized spacial score (nSPS) is 16.9. The number of carbonyl (C=O) groups excluding carboxylic acids is 1. The molecule has 0 atom stereocenters. The Morgan fingerprint density at radius 2 is 1.93 bits per heavy atom. The van der Waals surface area contributed by atoms with E-state index in [9.17, 15) is 13.2 Å². The van der Waals surface area contributed by atoms with Gasteiger partial charge >= 0.3 is 0 Å². The average molecular weight is 424 g/mol. The summed E-state index contributed by atoms with van der Waals surface area (Å²) in [6.45, 7) is 1.28. The van der Waals surface area contributed by atoms with Crippen molar-refractivity contribution in [2.45, 2.75) is 4.90 Å². The topological polar surface area (TPSA) is 81.0 Å². The summed E-state index contributed by atoms with van der Waals surface area (Å²) in [5, 5.41) is 1.61. The maximum atomic E-state index is 12.9. The number of sulfonamides is 1. The molecular weight excluding hydrogens is 406 g/mol. The zero-order valence-electron chi connectivity index (χ0n) is 14.5. The summed E-state index contributed by atoms with van der Waals surface area (Å²) in [6, 6.07) is 9.24. The summed E-state index contributed by atoms with van der Waals surface area (Å²) in [7, 11) is -1.90. The van der Waals surface area contributed by atoms with Crippen LogP contribution < -0.4 is 4.80 Å². The lowest BCUT2D eigenvalue weighted by Crippen LogP contribution is -2.40. The van der Waals surface area contributed by atoms with Crippen LogP contribution in [0.5, 0.6) is 0 Å². The van der Waals surface area contributed by atoms with Gasteiger partial charge in [0.05, 0.1) is 23.4 Å². The van der Waals surface area contributed by atoms with Gasteiger partial charge in [-0.25, -0.2) is 8.42 Å². The molecule has 1 fully saturated rings. The van der Waals surface area contributed by atoms with Gasteiger partial charge in [-0.3, -0.25) is 4.79 Å². The third kappa shape index (κ3) is 3.39. The molecule has 0 spiro atoms. The molecule has 2 aromatic heterocycles. The Morgan fingerprint density at radius 3 is 2.67 bits per heavy atom. The molecule has 4 rings (SSSR count). The molecule has 0 saturated carbocycles. The zero-order chi connectivity index (χ0) is 19.0. The van der Waals surface area contributed by atoms with Gasteiger partial charge in [-0.2, -0.15) is 9.30 Å². The minimum absolute atomic E-state index is 0.0203. The minimum atomic E-state index is -3.74. The molecule has 1 saturated heterocycles. The molecular formula is C17H17N3O4S3. The van der Waals surface area contributed by atoms with E-state index < -0.39 is 15.9 Å². The van der Waals surface area contributed by atoms with Gasteiger partial charge in [0.25, 0.3) is 5.91 Å². The number of ether oxygens (including phenoxy) is 1. The first kappa shape index (κ1) is 18.5. The highest BCUT2D eigenvalue weighted by molar-refractivity contribution is 7.89. The number of aryl methyl sites for hydroxylation is 1. The molecule has 0 radical (unpaired) electrons. The number of benzene rings is 1. The van der Waals surface area contributed by atoms with Crippen LogP contribution in [-0.2, 0) is 21.8 Å². The second-order valence-corrected chi connectivity index (χ2v) is 9.79. The monoisotopic (exact) mass is 423 g/mol. The second kappa shape index (κ2) is 7.28. The zero-order valence-corrected chi connectivity index (χ0v) is 16.9. The van der Waals surface area contributed by atoms with Crippen molar-refractivity contribution in [3.8, 4) is 0 Å². The molecule has 1 amide bonds. The molecule has 0 bridgehead atoms. The summed E-state index contributed by atoms with van der Waals surface area (Å²) < 4.78 is 35.3. The molecule has 0 N–H and O–H groups in total. The van der Waals surface area contributed by atoms with Gasteiger partial charge in [0, 0.05) is 20.1 Å². The predicted octanol–water partition coefficient (Wildman–Crippen LogP) is 2.06. The number of aromatic nitrogens is 1. The van der Waals surface area contributed by atoms with E-state index in [2.05, 4.69) is 4.99 Å². The molecule has 1 aliphatic rings. The highest BCUT2D eigenvalue weighted by atomic mass is 32.2. The summed E-state index contributed by atoms with van der Waals surface area (Å²) in [4.78, 5) is 17.7. The van der Waals surface area contributed by atoms with Crippen LogP contribution in [-0.4, -0.2) is 49.5 Å². The summed E-state index contributed by atoms with van der Waals surface area (Å²) >= 11 is 2.49. The molecule has 3 heterocycles. The van der Waals surface area contributed by atoms with Gasteiger partial charge in [0.15, 0.2) is 4.80 Å². The second-order valence-electron chi connectivity index (χ2n) is 5.96. The number of carbonyl (C=O) groups is 1. The third-order valence-corrected chi connectivity index (χ3v) is 8.41. The summed E-state index contributed by atoms with van der Waals surface area (Å²) in [5.74, 6) is -0.543. The smallest absolute Gasteiger partial charge is 0.291 e. The Labute approximate surface area is 164 Å². The molecule has 1 aliphatic heterocycles. The molecule has 0 unspecified atom stereocenters. The van der Waals surface area contributed by atoms with Crippen LogP contribution in [0, 0.1) is 0 Å². The van der Waals surface area contributed by atoms with E-state index in [0.29, 0.717) is 18.0 Å².